The zero-order chi connectivity index (χ0) is 11.4. The number of benzene rings is 1. The molecular weight excluding hydrogens is 258 g/mol. The SMILES string of the molecule is Cc1ccc(NC(=N)NC(=N)N)cc1Br. The second kappa shape index (κ2) is 4.79. The highest BCUT2D eigenvalue weighted by atomic mass is 79.9. The van der Waals surface area contributed by atoms with Crippen molar-refractivity contribution in [2.75, 3.05) is 5.32 Å². The van der Waals surface area contributed by atoms with Gasteiger partial charge in [-0.3, -0.25) is 16.1 Å². The molecule has 0 amide bonds. The lowest BCUT2D eigenvalue weighted by molar-refractivity contribution is 1.20. The van der Waals surface area contributed by atoms with Gasteiger partial charge in [-0.15, -0.1) is 0 Å². The van der Waals surface area contributed by atoms with Crippen molar-refractivity contribution in [1.29, 1.82) is 10.8 Å². The Kier molecular flexibility index (Phi) is 3.68. The Morgan fingerprint density at radius 1 is 1.40 bits per heavy atom. The van der Waals surface area contributed by atoms with Crippen LogP contribution in [0.4, 0.5) is 5.69 Å². The molecule has 0 heterocycles. The smallest absolute Gasteiger partial charge is 0.199 e. The summed E-state index contributed by atoms with van der Waals surface area (Å²) in [6, 6.07) is 5.62. The van der Waals surface area contributed by atoms with E-state index in [4.69, 9.17) is 16.6 Å². The molecule has 0 aliphatic carbocycles. The highest BCUT2D eigenvalue weighted by Gasteiger charge is 2.00. The summed E-state index contributed by atoms with van der Waals surface area (Å²) in [5, 5.41) is 19.5. The van der Waals surface area contributed by atoms with E-state index in [2.05, 4.69) is 26.6 Å². The number of anilines is 1. The van der Waals surface area contributed by atoms with Crippen molar-refractivity contribution in [2.45, 2.75) is 6.92 Å². The fourth-order valence-corrected chi connectivity index (χ4v) is 1.36. The summed E-state index contributed by atoms with van der Waals surface area (Å²) in [5.41, 5.74) is 6.96. The lowest BCUT2D eigenvalue weighted by atomic mass is 10.2. The quantitative estimate of drug-likeness (QED) is 0.396. The van der Waals surface area contributed by atoms with Crippen LogP contribution in [-0.2, 0) is 0 Å². The largest absolute Gasteiger partial charge is 0.370 e. The molecule has 0 fully saturated rings. The van der Waals surface area contributed by atoms with Crippen molar-refractivity contribution in [1.82, 2.24) is 5.32 Å². The minimum Gasteiger partial charge on any atom is -0.370 e. The van der Waals surface area contributed by atoms with Crippen LogP contribution in [0.2, 0.25) is 0 Å². The summed E-state index contributed by atoms with van der Waals surface area (Å²) < 4.78 is 0.961. The van der Waals surface area contributed by atoms with Crippen LogP contribution in [0.3, 0.4) is 0 Å². The first-order valence-electron chi connectivity index (χ1n) is 4.22. The van der Waals surface area contributed by atoms with E-state index >= 15 is 0 Å². The van der Waals surface area contributed by atoms with Gasteiger partial charge in [-0.05, 0) is 24.6 Å². The normalized spacial score (nSPS) is 9.47. The summed E-state index contributed by atoms with van der Waals surface area (Å²) in [6.07, 6.45) is 0. The molecule has 1 aromatic rings. The minimum absolute atomic E-state index is 0.0294. The third-order valence-corrected chi connectivity index (χ3v) is 2.56. The number of nitrogens with two attached hydrogens (primary N) is 1. The standard InChI is InChI=1S/C9H12BrN5/c1-5-2-3-6(4-7(5)10)14-9(13)15-8(11)12/h2-4H,1H3,(H6,11,12,13,14,15). The van der Waals surface area contributed by atoms with Crippen molar-refractivity contribution in [3.63, 3.8) is 0 Å². The molecule has 0 spiro atoms. The van der Waals surface area contributed by atoms with Crippen molar-refractivity contribution in [3.8, 4) is 0 Å². The Morgan fingerprint density at radius 2 is 2.07 bits per heavy atom. The Bertz CT molecular complexity index is 401. The molecule has 1 rings (SSSR count). The molecule has 0 radical (unpaired) electrons. The van der Waals surface area contributed by atoms with Crippen LogP contribution < -0.4 is 16.4 Å². The number of hydrogen-bond donors (Lipinski definition) is 5. The molecule has 15 heavy (non-hydrogen) atoms. The van der Waals surface area contributed by atoms with Crippen LogP contribution in [0.1, 0.15) is 5.56 Å². The van der Waals surface area contributed by atoms with Gasteiger partial charge in [0.15, 0.2) is 11.9 Å². The van der Waals surface area contributed by atoms with Crippen LogP contribution in [0, 0.1) is 17.7 Å². The van der Waals surface area contributed by atoms with Crippen LogP contribution in [-0.4, -0.2) is 11.9 Å². The maximum Gasteiger partial charge on any atom is 0.199 e. The molecule has 0 aromatic heterocycles. The summed E-state index contributed by atoms with van der Waals surface area (Å²) in [5.74, 6) is -0.295. The van der Waals surface area contributed by atoms with Gasteiger partial charge in [0.25, 0.3) is 0 Å². The fraction of sp³-hybridized carbons (Fsp3) is 0.111. The van der Waals surface area contributed by atoms with E-state index in [9.17, 15) is 0 Å². The van der Waals surface area contributed by atoms with Crippen molar-refractivity contribution in [2.24, 2.45) is 5.73 Å². The van der Waals surface area contributed by atoms with Crippen LogP contribution >= 0.6 is 15.9 Å². The number of rotatable bonds is 1. The summed E-state index contributed by atoms with van der Waals surface area (Å²) >= 11 is 3.39. The number of guanidine groups is 2. The monoisotopic (exact) mass is 269 g/mol. The van der Waals surface area contributed by atoms with E-state index in [-0.39, 0.29) is 11.9 Å². The number of aryl methyl sites for hydroxylation is 1. The average Bonchev–Trinajstić information content (AvgIpc) is 2.10. The van der Waals surface area contributed by atoms with Crippen LogP contribution in [0.25, 0.3) is 0 Å². The zero-order valence-electron chi connectivity index (χ0n) is 8.19. The van der Waals surface area contributed by atoms with Gasteiger partial charge in [0, 0.05) is 10.2 Å². The van der Waals surface area contributed by atoms with Gasteiger partial charge in [0.05, 0.1) is 0 Å². The van der Waals surface area contributed by atoms with Crippen molar-refractivity contribution in [3.05, 3.63) is 28.2 Å². The predicted octanol–water partition coefficient (Wildman–Crippen LogP) is 1.59. The Hall–Kier alpha value is -1.56. The van der Waals surface area contributed by atoms with E-state index in [1.165, 1.54) is 0 Å². The van der Waals surface area contributed by atoms with Crippen molar-refractivity contribution < 1.29 is 0 Å². The Morgan fingerprint density at radius 3 is 2.60 bits per heavy atom. The highest BCUT2D eigenvalue weighted by molar-refractivity contribution is 9.10. The molecule has 0 saturated carbocycles. The summed E-state index contributed by atoms with van der Waals surface area (Å²) in [6.45, 7) is 1.98. The first kappa shape index (κ1) is 11.5. The fourth-order valence-electron chi connectivity index (χ4n) is 0.981. The molecule has 6 heteroatoms. The highest BCUT2D eigenvalue weighted by Crippen LogP contribution is 2.20. The first-order chi connectivity index (χ1) is 6.99. The lowest BCUT2D eigenvalue weighted by Gasteiger charge is -2.09. The van der Waals surface area contributed by atoms with E-state index in [1.807, 2.05) is 25.1 Å². The molecule has 1 aromatic carbocycles. The van der Waals surface area contributed by atoms with E-state index in [1.54, 1.807) is 0 Å². The topological polar surface area (TPSA) is 97.8 Å². The Balaban J connectivity index is 2.69. The molecular formula is C9H12BrN5. The number of halogens is 1. The molecule has 0 unspecified atom stereocenters. The molecule has 0 atom stereocenters. The van der Waals surface area contributed by atoms with Gasteiger partial charge in [-0.1, -0.05) is 22.0 Å². The number of nitrogens with one attached hydrogen (secondary N) is 4. The van der Waals surface area contributed by atoms with Crippen LogP contribution in [0.5, 0.6) is 0 Å². The second-order valence-corrected chi connectivity index (χ2v) is 3.86. The van der Waals surface area contributed by atoms with E-state index in [0.29, 0.717) is 0 Å². The summed E-state index contributed by atoms with van der Waals surface area (Å²) in [7, 11) is 0. The zero-order valence-corrected chi connectivity index (χ0v) is 9.77. The lowest BCUT2D eigenvalue weighted by Crippen LogP contribution is -2.39. The van der Waals surface area contributed by atoms with Gasteiger partial charge in [0.1, 0.15) is 0 Å². The summed E-state index contributed by atoms with van der Waals surface area (Å²) in [4.78, 5) is 0. The first-order valence-corrected chi connectivity index (χ1v) is 5.01. The van der Waals surface area contributed by atoms with Gasteiger partial charge < -0.3 is 11.1 Å². The van der Waals surface area contributed by atoms with Gasteiger partial charge in [-0.25, -0.2) is 0 Å². The molecule has 6 N–H and O–H groups in total. The van der Waals surface area contributed by atoms with E-state index < -0.39 is 0 Å². The average molecular weight is 270 g/mol. The molecule has 0 aliphatic rings. The van der Waals surface area contributed by atoms with Crippen LogP contribution in [0.15, 0.2) is 22.7 Å². The minimum atomic E-state index is -0.265. The maximum atomic E-state index is 7.42. The third-order valence-electron chi connectivity index (χ3n) is 1.70. The predicted molar refractivity (Wildman–Crippen MR) is 65.3 cm³/mol. The Labute approximate surface area is 96.2 Å². The van der Waals surface area contributed by atoms with Gasteiger partial charge in [0.2, 0.25) is 0 Å². The second-order valence-electron chi connectivity index (χ2n) is 3.00. The molecule has 0 bridgehead atoms. The molecule has 0 saturated heterocycles. The van der Waals surface area contributed by atoms with E-state index in [0.717, 1.165) is 15.7 Å². The number of hydrogen-bond acceptors (Lipinski definition) is 2. The molecule has 80 valence electrons. The van der Waals surface area contributed by atoms with Gasteiger partial charge >= 0.3 is 0 Å². The maximum absolute atomic E-state index is 7.42. The third kappa shape index (κ3) is 3.59. The van der Waals surface area contributed by atoms with Gasteiger partial charge in [-0.2, -0.15) is 0 Å². The molecule has 0 aliphatic heterocycles. The molecule has 5 nitrogen and oxygen atoms in total. The van der Waals surface area contributed by atoms with Crippen molar-refractivity contribution >= 4 is 33.5 Å².